The number of hydrogen-bond donors (Lipinski definition) is 1. The van der Waals surface area contributed by atoms with E-state index >= 15 is 0 Å². The highest BCUT2D eigenvalue weighted by Gasteiger charge is 2.04. The Morgan fingerprint density at radius 1 is 1.19 bits per heavy atom. The van der Waals surface area contributed by atoms with Crippen LogP contribution in [0.5, 0.6) is 0 Å². The third kappa shape index (κ3) is 5.40. The van der Waals surface area contributed by atoms with E-state index in [0.717, 1.165) is 33.4 Å². The van der Waals surface area contributed by atoms with Gasteiger partial charge in [0, 0.05) is 27.9 Å². The highest BCUT2D eigenvalue weighted by atomic mass is 35.5. The Morgan fingerprint density at radius 3 is 2.43 bits per heavy atom. The lowest BCUT2D eigenvalue weighted by atomic mass is 10.2. The molecule has 1 aromatic heterocycles. The van der Waals surface area contributed by atoms with Crippen LogP contribution >= 0.6 is 23.4 Å². The number of halogens is 1. The van der Waals surface area contributed by atoms with Crippen molar-refractivity contribution in [1.29, 1.82) is 0 Å². The van der Waals surface area contributed by atoms with Crippen molar-refractivity contribution in [2.45, 2.75) is 19.6 Å². The van der Waals surface area contributed by atoms with Gasteiger partial charge in [0.15, 0.2) is 0 Å². The number of rotatable bonds is 5. The number of benzene rings is 1. The van der Waals surface area contributed by atoms with Gasteiger partial charge in [-0.25, -0.2) is 0 Å². The van der Waals surface area contributed by atoms with Crippen LogP contribution in [-0.2, 0) is 10.5 Å². The molecular weight excluding hydrogens is 304 g/mol. The van der Waals surface area contributed by atoms with Crippen molar-refractivity contribution in [2.24, 2.45) is 0 Å². The van der Waals surface area contributed by atoms with Crippen molar-refractivity contribution in [3.05, 3.63) is 58.4 Å². The van der Waals surface area contributed by atoms with Crippen molar-refractivity contribution < 1.29 is 4.79 Å². The van der Waals surface area contributed by atoms with Crippen LogP contribution in [0.4, 0.5) is 5.69 Å². The van der Waals surface area contributed by atoms with E-state index in [2.05, 4.69) is 10.3 Å². The number of aryl methyl sites for hydroxylation is 2. The summed E-state index contributed by atoms with van der Waals surface area (Å²) in [7, 11) is 0. The molecule has 3 nitrogen and oxygen atoms in total. The Kier molecular flexibility index (Phi) is 5.65. The lowest BCUT2D eigenvalue weighted by Crippen LogP contribution is -2.14. The number of aromatic nitrogens is 1. The zero-order valence-corrected chi connectivity index (χ0v) is 13.6. The van der Waals surface area contributed by atoms with Gasteiger partial charge in [-0.3, -0.25) is 9.78 Å². The summed E-state index contributed by atoms with van der Waals surface area (Å²) < 4.78 is 0. The summed E-state index contributed by atoms with van der Waals surface area (Å²) in [6.45, 7) is 3.83. The largest absolute Gasteiger partial charge is 0.325 e. The molecule has 0 bridgehead atoms. The van der Waals surface area contributed by atoms with E-state index in [0.29, 0.717) is 5.75 Å². The van der Waals surface area contributed by atoms with Crippen molar-refractivity contribution in [2.75, 3.05) is 11.1 Å². The number of hydrogen-bond acceptors (Lipinski definition) is 3. The number of amides is 1. The Hall–Kier alpha value is -1.52. The zero-order chi connectivity index (χ0) is 15.2. The number of pyridine rings is 1. The molecular formula is C16H17ClN2OS. The Bertz CT molecular complexity index is 608. The molecule has 1 amide bonds. The Morgan fingerprint density at radius 2 is 1.81 bits per heavy atom. The molecule has 2 rings (SSSR count). The minimum absolute atomic E-state index is 0.000960. The van der Waals surface area contributed by atoms with E-state index in [1.165, 1.54) is 0 Å². The van der Waals surface area contributed by atoms with Crippen LogP contribution in [0.3, 0.4) is 0 Å². The molecule has 0 unspecified atom stereocenters. The van der Waals surface area contributed by atoms with Gasteiger partial charge in [-0.15, -0.1) is 11.8 Å². The molecule has 0 aliphatic carbocycles. The minimum atomic E-state index is -0.000960. The maximum absolute atomic E-state index is 11.9. The molecule has 1 N–H and O–H groups in total. The third-order valence-corrected chi connectivity index (χ3v) is 4.04. The lowest BCUT2D eigenvalue weighted by Gasteiger charge is -2.07. The van der Waals surface area contributed by atoms with Gasteiger partial charge in [-0.2, -0.15) is 0 Å². The molecule has 0 fully saturated rings. The summed E-state index contributed by atoms with van der Waals surface area (Å²) in [6, 6.07) is 11.4. The third-order valence-electron chi connectivity index (χ3n) is 2.78. The molecule has 5 heteroatoms. The van der Waals surface area contributed by atoms with Gasteiger partial charge in [-0.05, 0) is 43.7 Å². The van der Waals surface area contributed by atoms with Gasteiger partial charge >= 0.3 is 0 Å². The molecule has 0 aliphatic heterocycles. The molecule has 1 heterocycles. The van der Waals surface area contributed by atoms with Crippen molar-refractivity contribution in [3.63, 3.8) is 0 Å². The van der Waals surface area contributed by atoms with Gasteiger partial charge < -0.3 is 5.32 Å². The zero-order valence-electron chi connectivity index (χ0n) is 12.0. The molecule has 0 saturated heterocycles. The molecule has 0 atom stereocenters. The number of nitrogens with one attached hydrogen (secondary N) is 1. The summed E-state index contributed by atoms with van der Waals surface area (Å²) in [5.41, 5.74) is 3.77. The van der Waals surface area contributed by atoms with Crippen LogP contribution in [0.2, 0.25) is 5.02 Å². The SMILES string of the molecule is Cc1cc(NC(=O)CSCc2ccc(Cl)cc2)cc(C)n1. The first kappa shape index (κ1) is 15.9. The molecule has 0 saturated carbocycles. The van der Waals surface area contributed by atoms with Crippen LogP contribution in [0.15, 0.2) is 36.4 Å². The average molecular weight is 321 g/mol. The second kappa shape index (κ2) is 7.48. The van der Waals surface area contributed by atoms with Gasteiger partial charge in [0.1, 0.15) is 0 Å². The lowest BCUT2D eigenvalue weighted by molar-refractivity contribution is -0.113. The number of anilines is 1. The first-order valence-corrected chi connectivity index (χ1v) is 8.13. The number of carbonyl (C=O) groups excluding carboxylic acids is 1. The minimum Gasteiger partial charge on any atom is -0.325 e. The van der Waals surface area contributed by atoms with Crippen molar-refractivity contribution in [1.82, 2.24) is 4.98 Å². The standard InChI is InChI=1S/C16H17ClN2OS/c1-11-7-15(8-12(2)18-11)19-16(20)10-21-9-13-3-5-14(17)6-4-13/h3-8H,9-10H2,1-2H3,(H,18,19,20). The van der Waals surface area contributed by atoms with Gasteiger partial charge in [0.2, 0.25) is 5.91 Å². The highest BCUT2D eigenvalue weighted by molar-refractivity contribution is 7.99. The monoisotopic (exact) mass is 320 g/mol. The summed E-state index contributed by atoms with van der Waals surface area (Å²) in [4.78, 5) is 16.2. The van der Waals surface area contributed by atoms with Crippen molar-refractivity contribution in [3.8, 4) is 0 Å². The maximum Gasteiger partial charge on any atom is 0.234 e. The summed E-state index contributed by atoms with van der Waals surface area (Å²) in [6.07, 6.45) is 0. The molecule has 21 heavy (non-hydrogen) atoms. The van der Waals surface area contributed by atoms with Crippen LogP contribution in [0, 0.1) is 13.8 Å². The molecule has 2 aromatic rings. The first-order valence-electron chi connectivity index (χ1n) is 6.60. The van der Waals surface area contributed by atoms with Crippen LogP contribution in [-0.4, -0.2) is 16.6 Å². The maximum atomic E-state index is 11.9. The molecule has 1 aromatic carbocycles. The second-order valence-corrected chi connectivity index (χ2v) is 6.23. The van der Waals surface area contributed by atoms with E-state index in [4.69, 9.17) is 11.6 Å². The van der Waals surface area contributed by atoms with Crippen LogP contribution < -0.4 is 5.32 Å². The highest BCUT2D eigenvalue weighted by Crippen LogP contribution is 2.16. The number of carbonyl (C=O) groups is 1. The molecule has 0 aliphatic rings. The summed E-state index contributed by atoms with van der Waals surface area (Å²) in [5.74, 6) is 1.21. The Labute approximate surface area is 134 Å². The number of thioether (sulfide) groups is 1. The predicted molar refractivity (Wildman–Crippen MR) is 90.0 cm³/mol. The molecule has 0 spiro atoms. The average Bonchev–Trinajstić information content (AvgIpc) is 2.39. The molecule has 110 valence electrons. The van der Waals surface area contributed by atoms with E-state index in [9.17, 15) is 4.79 Å². The van der Waals surface area contributed by atoms with Gasteiger partial charge in [0.05, 0.1) is 5.75 Å². The molecule has 0 radical (unpaired) electrons. The normalized spacial score (nSPS) is 10.4. The van der Waals surface area contributed by atoms with Crippen molar-refractivity contribution >= 4 is 35.0 Å². The summed E-state index contributed by atoms with van der Waals surface area (Å²) in [5, 5.41) is 3.62. The fourth-order valence-corrected chi connectivity index (χ4v) is 2.86. The van der Waals surface area contributed by atoms with Gasteiger partial charge in [-0.1, -0.05) is 23.7 Å². The summed E-state index contributed by atoms with van der Waals surface area (Å²) >= 11 is 7.41. The number of nitrogens with zero attached hydrogens (tertiary/aromatic N) is 1. The topological polar surface area (TPSA) is 42.0 Å². The van der Waals surface area contributed by atoms with Gasteiger partial charge in [0.25, 0.3) is 0 Å². The van der Waals surface area contributed by atoms with E-state index < -0.39 is 0 Å². The van der Waals surface area contributed by atoms with Crippen LogP contribution in [0.25, 0.3) is 0 Å². The van der Waals surface area contributed by atoms with Crippen LogP contribution in [0.1, 0.15) is 17.0 Å². The fourth-order valence-electron chi connectivity index (χ4n) is 1.95. The Balaban J connectivity index is 1.80. The van der Waals surface area contributed by atoms with E-state index in [1.54, 1.807) is 11.8 Å². The van der Waals surface area contributed by atoms with E-state index in [-0.39, 0.29) is 5.91 Å². The predicted octanol–water partition coefficient (Wildman–Crippen LogP) is 4.22. The quantitative estimate of drug-likeness (QED) is 0.896. The fraction of sp³-hybridized carbons (Fsp3) is 0.250. The van der Waals surface area contributed by atoms with E-state index in [1.807, 2.05) is 50.2 Å². The first-order chi connectivity index (χ1) is 10.0. The second-order valence-electron chi connectivity index (χ2n) is 4.81. The smallest absolute Gasteiger partial charge is 0.234 e.